The van der Waals surface area contributed by atoms with Gasteiger partial charge >= 0.3 is 0 Å². The Morgan fingerprint density at radius 1 is 1.29 bits per heavy atom. The molecule has 116 valence electrons. The number of aldehydes is 1. The number of carbonyl (C=O) groups is 1. The van der Waals surface area contributed by atoms with Crippen LogP contribution in [0.15, 0.2) is 22.8 Å². The zero-order valence-electron chi connectivity index (χ0n) is 13.3. The van der Waals surface area contributed by atoms with E-state index in [0.717, 1.165) is 15.7 Å². The number of ether oxygens (including phenoxy) is 1. The minimum Gasteiger partial charge on any atom is -0.480 e. The van der Waals surface area contributed by atoms with Crippen LogP contribution in [0.2, 0.25) is 0 Å². The Morgan fingerprint density at radius 2 is 1.90 bits per heavy atom. The highest BCUT2D eigenvalue weighted by molar-refractivity contribution is 9.10. The Labute approximate surface area is 134 Å². The molecule has 0 saturated carbocycles. The van der Waals surface area contributed by atoms with Crippen LogP contribution in [0.3, 0.4) is 0 Å². The third-order valence-electron chi connectivity index (χ3n) is 2.19. The van der Waals surface area contributed by atoms with E-state index in [1.54, 1.807) is 13.2 Å². The summed E-state index contributed by atoms with van der Waals surface area (Å²) >= 11 is 3.37. The van der Waals surface area contributed by atoms with E-state index in [-0.39, 0.29) is 0 Å². The summed E-state index contributed by atoms with van der Waals surface area (Å²) in [5.74, 6) is 0.969. The van der Waals surface area contributed by atoms with E-state index in [4.69, 9.17) is 4.74 Å². The lowest BCUT2D eigenvalue weighted by atomic mass is 10.2. The van der Waals surface area contributed by atoms with Crippen LogP contribution < -0.4 is 4.74 Å². The van der Waals surface area contributed by atoms with E-state index >= 15 is 0 Å². The van der Waals surface area contributed by atoms with Crippen molar-refractivity contribution >= 4 is 27.8 Å². The monoisotopic (exact) mass is 355 g/mol. The summed E-state index contributed by atoms with van der Waals surface area (Å²) in [4.78, 5) is 21.0. The van der Waals surface area contributed by atoms with Gasteiger partial charge in [-0.15, -0.1) is 0 Å². The second-order valence-corrected chi connectivity index (χ2v) is 4.79. The first-order valence-electron chi connectivity index (χ1n) is 6.58. The van der Waals surface area contributed by atoms with Crippen molar-refractivity contribution in [2.75, 3.05) is 21.2 Å². The van der Waals surface area contributed by atoms with Gasteiger partial charge in [-0.2, -0.15) is 4.98 Å². The van der Waals surface area contributed by atoms with Gasteiger partial charge in [0.15, 0.2) is 5.82 Å². The van der Waals surface area contributed by atoms with Crippen molar-refractivity contribution < 1.29 is 9.53 Å². The van der Waals surface area contributed by atoms with Crippen LogP contribution >= 0.6 is 15.9 Å². The second-order valence-electron chi connectivity index (χ2n) is 4.00. The van der Waals surface area contributed by atoms with Crippen LogP contribution in [0.25, 0.3) is 5.57 Å². The largest absolute Gasteiger partial charge is 0.480 e. The highest BCUT2D eigenvalue weighted by Crippen LogP contribution is 2.27. The first-order chi connectivity index (χ1) is 9.99. The van der Waals surface area contributed by atoms with Crippen molar-refractivity contribution in [3.8, 4) is 5.88 Å². The van der Waals surface area contributed by atoms with Crippen molar-refractivity contribution in [2.45, 2.75) is 20.8 Å². The molecule has 0 aromatic carbocycles. The van der Waals surface area contributed by atoms with Gasteiger partial charge in [-0.25, -0.2) is 4.98 Å². The molecular weight excluding hydrogens is 334 g/mol. The lowest BCUT2D eigenvalue weighted by molar-refractivity contribution is -0.104. The molecule has 0 saturated heterocycles. The Kier molecular flexibility index (Phi) is 9.28. The van der Waals surface area contributed by atoms with Gasteiger partial charge in [0.25, 0.3) is 0 Å². The van der Waals surface area contributed by atoms with Crippen LogP contribution in [-0.2, 0) is 4.79 Å². The zero-order chi connectivity index (χ0) is 16.4. The van der Waals surface area contributed by atoms with E-state index in [0.29, 0.717) is 18.0 Å². The van der Waals surface area contributed by atoms with E-state index in [2.05, 4.69) is 25.9 Å². The molecule has 0 unspecified atom stereocenters. The van der Waals surface area contributed by atoms with Gasteiger partial charge in [-0.1, -0.05) is 13.8 Å². The number of allylic oxidation sites excluding steroid dienone is 3. The average molecular weight is 356 g/mol. The average Bonchev–Trinajstić information content (AvgIpc) is 2.48. The topological polar surface area (TPSA) is 55.3 Å². The quantitative estimate of drug-likeness (QED) is 0.461. The normalized spacial score (nSPS) is 10.9. The van der Waals surface area contributed by atoms with Gasteiger partial charge in [-0.3, -0.25) is 4.79 Å². The number of methoxy groups -OCH3 is 1. The fourth-order valence-electron chi connectivity index (χ4n) is 1.39. The number of nitrogens with zero attached hydrogens (tertiary/aromatic N) is 3. The molecule has 1 rings (SSSR count). The highest BCUT2D eigenvalue weighted by atomic mass is 79.9. The summed E-state index contributed by atoms with van der Waals surface area (Å²) < 4.78 is 5.92. The van der Waals surface area contributed by atoms with E-state index < -0.39 is 0 Å². The molecule has 1 aromatic heterocycles. The minimum absolute atomic E-state index is 0.464. The van der Waals surface area contributed by atoms with Gasteiger partial charge < -0.3 is 9.64 Å². The lowest BCUT2D eigenvalue weighted by Gasteiger charge is -2.11. The first-order valence-corrected chi connectivity index (χ1v) is 7.37. The number of carbonyl (C=O) groups excluding carboxylic acids is 1. The zero-order valence-corrected chi connectivity index (χ0v) is 14.9. The summed E-state index contributed by atoms with van der Waals surface area (Å²) in [5.41, 5.74) is 1.50. The van der Waals surface area contributed by atoms with Crippen molar-refractivity contribution in [1.82, 2.24) is 14.9 Å². The third-order valence-corrected chi connectivity index (χ3v) is 3.10. The van der Waals surface area contributed by atoms with E-state index in [1.165, 1.54) is 6.08 Å². The van der Waals surface area contributed by atoms with Crippen molar-refractivity contribution in [3.63, 3.8) is 0 Å². The molecule has 0 fully saturated rings. The van der Waals surface area contributed by atoms with Gasteiger partial charge in [0.1, 0.15) is 10.8 Å². The molecule has 21 heavy (non-hydrogen) atoms. The summed E-state index contributed by atoms with van der Waals surface area (Å²) in [5, 5.41) is 0. The smallest absolute Gasteiger partial charge is 0.231 e. The van der Waals surface area contributed by atoms with Crippen LogP contribution in [0.1, 0.15) is 25.4 Å². The van der Waals surface area contributed by atoms with E-state index in [1.807, 2.05) is 46.0 Å². The van der Waals surface area contributed by atoms with Gasteiger partial charge in [0.2, 0.25) is 5.88 Å². The number of hydrogen-bond acceptors (Lipinski definition) is 5. The molecule has 1 aromatic rings. The molecule has 0 N–H and O–H groups in total. The molecule has 0 aliphatic heterocycles. The van der Waals surface area contributed by atoms with Crippen LogP contribution in [-0.4, -0.2) is 42.4 Å². The fourth-order valence-corrected chi connectivity index (χ4v) is 1.73. The number of aryl methyl sites for hydroxylation is 1. The SMILES string of the molecule is CC.COc1nc(C(/C=C\C=O)=C/N(C)C)nc(C)c1Br. The summed E-state index contributed by atoms with van der Waals surface area (Å²) in [6.07, 6.45) is 5.62. The molecule has 0 spiro atoms. The van der Waals surface area contributed by atoms with Crippen LogP contribution in [0.4, 0.5) is 0 Å². The molecule has 0 bridgehead atoms. The second kappa shape index (κ2) is 10.1. The number of aromatic nitrogens is 2. The summed E-state index contributed by atoms with van der Waals surface area (Å²) in [6, 6.07) is 0. The lowest BCUT2D eigenvalue weighted by Crippen LogP contribution is -2.05. The van der Waals surface area contributed by atoms with Crippen molar-refractivity contribution in [3.05, 3.63) is 34.3 Å². The van der Waals surface area contributed by atoms with Crippen molar-refractivity contribution in [2.24, 2.45) is 0 Å². The summed E-state index contributed by atoms with van der Waals surface area (Å²) in [6.45, 7) is 5.86. The maximum absolute atomic E-state index is 10.5. The van der Waals surface area contributed by atoms with Crippen LogP contribution in [0.5, 0.6) is 5.88 Å². The fraction of sp³-hybridized carbons (Fsp3) is 0.400. The molecule has 0 amide bonds. The molecule has 6 heteroatoms. The molecule has 5 nitrogen and oxygen atoms in total. The maximum Gasteiger partial charge on any atom is 0.231 e. The molecule has 0 atom stereocenters. The Hall–Kier alpha value is -1.69. The molecule has 1 heterocycles. The molecule has 0 aliphatic carbocycles. The molecule has 0 radical (unpaired) electrons. The van der Waals surface area contributed by atoms with Crippen molar-refractivity contribution in [1.29, 1.82) is 0 Å². The third kappa shape index (κ3) is 6.08. The Balaban J connectivity index is 0.00000191. The van der Waals surface area contributed by atoms with Crippen LogP contribution in [0, 0.1) is 6.92 Å². The highest BCUT2D eigenvalue weighted by Gasteiger charge is 2.11. The van der Waals surface area contributed by atoms with Gasteiger partial charge in [0, 0.05) is 25.9 Å². The van der Waals surface area contributed by atoms with Gasteiger partial charge in [0.05, 0.1) is 12.8 Å². The number of hydrogen-bond donors (Lipinski definition) is 0. The Bertz CT molecular complexity index is 526. The number of rotatable bonds is 5. The first kappa shape index (κ1) is 19.3. The predicted octanol–water partition coefficient (Wildman–Crippen LogP) is 3.24. The summed E-state index contributed by atoms with van der Waals surface area (Å²) in [7, 11) is 5.32. The molecular formula is C15H22BrN3O2. The maximum atomic E-state index is 10.5. The standard InChI is InChI=1S/C13H16BrN3O2.C2H6/c1-9-11(14)13(19-4)16-12(15-9)10(6-5-7-18)8-17(2)3;1-2/h5-8H,1-4H3;1-2H3/b6-5-,10-8+;. The Morgan fingerprint density at radius 3 is 2.38 bits per heavy atom. The predicted molar refractivity (Wildman–Crippen MR) is 89.2 cm³/mol. The number of halogens is 1. The molecule has 0 aliphatic rings. The van der Waals surface area contributed by atoms with Gasteiger partial charge in [-0.05, 0) is 35.0 Å². The van der Waals surface area contributed by atoms with E-state index in [9.17, 15) is 4.79 Å². The minimum atomic E-state index is 0.464.